The first-order valence-corrected chi connectivity index (χ1v) is 12.6. The van der Waals surface area contributed by atoms with Crippen LogP contribution in [0.15, 0.2) is 71.8 Å². The molecule has 2 heterocycles. The van der Waals surface area contributed by atoms with Crippen molar-refractivity contribution in [3.8, 4) is 11.3 Å². The molecule has 1 saturated carbocycles. The lowest BCUT2D eigenvalue weighted by Gasteiger charge is -2.21. The Kier molecular flexibility index (Phi) is 5.60. The van der Waals surface area contributed by atoms with Crippen molar-refractivity contribution in [2.24, 2.45) is 0 Å². The number of benzene rings is 2. The number of rotatable bonds is 5. The quantitative estimate of drug-likeness (QED) is 0.419. The molecular weight excluding hydrogens is 519 g/mol. The maximum Gasteiger partial charge on any atom is 0.501 e. The van der Waals surface area contributed by atoms with Crippen LogP contribution < -0.4 is 4.90 Å². The number of hydrogen-bond donors (Lipinski definition) is 0. The average molecular weight is 536 g/mol. The topological polar surface area (TPSA) is 87.7 Å². The van der Waals surface area contributed by atoms with Gasteiger partial charge in [0.2, 0.25) is 0 Å². The molecule has 36 heavy (non-hydrogen) atoms. The monoisotopic (exact) mass is 535 g/mol. The first kappa shape index (κ1) is 24.3. The third-order valence-electron chi connectivity index (χ3n) is 6.28. The number of nitrogens with zero attached hydrogens (tertiary/aromatic N) is 3. The molecule has 0 atom stereocenters. The molecule has 1 aromatic heterocycles. The van der Waals surface area contributed by atoms with Crippen LogP contribution >= 0.6 is 11.6 Å². The summed E-state index contributed by atoms with van der Waals surface area (Å²) in [4.78, 5) is 32.2. The van der Waals surface area contributed by atoms with Gasteiger partial charge in [0.15, 0.2) is 0 Å². The number of imide groups is 1. The van der Waals surface area contributed by atoms with E-state index in [4.69, 9.17) is 11.6 Å². The van der Waals surface area contributed by atoms with Crippen LogP contribution in [0, 0.1) is 0 Å². The lowest BCUT2D eigenvalue weighted by atomic mass is 10.1. The van der Waals surface area contributed by atoms with Gasteiger partial charge in [-0.3, -0.25) is 9.78 Å². The number of pyridine rings is 1. The van der Waals surface area contributed by atoms with E-state index in [1.54, 1.807) is 30.5 Å². The summed E-state index contributed by atoms with van der Waals surface area (Å²) >= 11 is 5.95. The number of urea groups is 1. The maximum absolute atomic E-state index is 13.3. The molecule has 2 aliphatic rings. The van der Waals surface area contributed by atoms with Crippen LogP contribution in [-0.2, 0) is 21.2 Å². The van der Waals surface area contributed by atoms with E-state index < -0.39 is 37.7 Å². The second kappa shape index (κ2) is 8.31. The lowest BCUT2D eigenvalue weighted by molar-refractivity contribution is -0.120. The Bertz CT molecular complexity index is 1470. The maximum atomic E-state index is 13.3. The molecule has 1 saturated heterocycles. The summed E-state index contributed by atoms with van der Waals surface area (Å²) in [5.41, 5.74) is -4.28. The smallest absolute Gasteiger partial charge is 0.305 e. The zero-order chi connectivity index (χ0) is 25.9. The third kappa shape index (κ3) is 3.92. The van der Waals surface area contributed by atoms with E-state index in [0.717, 1.165) is 40.3 Å². The number of hydrogen-bond acceptors (Lipinski definition) is 5. The molecule has 7 nitrogen and oxygen atoms in total. The predicted molar refractivity (Wildman–Crippen MR) is 125 cm³/mol. The van der Waals surface area contributed by atoms with Crippen molar-refractivity contribution in [3.05, 3.63) is 77.4 Å². The molecule has 1 aliphatic carbocycles. The lowest BCUT2D eigenvalue weighted by Crippen LogP contribution is -2.36. The number of amides is 3. The van der Waals surface area contributed by atoms with Crippen molar-refractivity contribution >= 4 is 39.1 Å². The molecule has 3 amide bonds. The second-order valence-corrected chi connectivity index (χ2v) is 10.9. The van der Waals surface area contributed by atoms with Crippen molar-refractivity contribution in [2.45, 2.75) is 35.3 Å². The zero-order valence-corrected chi connectivity index (χ0v) is 19.9. The highest BCUT2D eigenvalue weighted by atomic mass is 35.5. The molecule has 1 spiro atoms. The van der Waals surface area contributed by atoms with E-state index in [9.17, 15) is 31.2 Å². The first-order chi connectivity index (χ1) is 16.9. The minimum atomic E-state index is -5.55. The highest BCUT2D eigenvalue weighted by molar-refractivity contribution is 7.92. The Labute approximate surface area is 209 Å². The predicted octanol–water partition coefficient (Wildman–Crippen LogP) is 5.20. The van der Waals surface area contributed by atoms with E-state index in [1.165, 1.54) is 4.90 Å². The standard InChI is InChI=1S/C24H17ClF3N3O4S/c25-17-3-1-16(2-4-17)20-13-15(9-12-29-20)14-30-22(33)31(21(32)23(30)10-11-23)18-5-7-19(8-6-18)36(34,35)24(26,27)28/h1-9,12-13H,10-11,14H2. The van der Waals surface area contributed by atoms with Gasteiger partial charge in [0.25, 0.3) is 15.7 Å². The van der Waals surface area contributed by atoms with E-state index in [1.807, 2.05) is 12.1 Å². The normalized spacial score (nSPS) is 17.2. The Morgan fingerprint density at radius 3 is 2.19 bits per heavy atom. The fraction of sp³-hybridized carbons (Fsp3) is 0.208. The molecule has 0 radical (unpaired) electrons. The molecule has 1 aliphatic heterocycles. The highest BCUT2D eigenvalue weighted by Crippen LogP contribution is 2.50. The van der Waals surface area contributed by atoms with Gasteiger partial charge < -0.3 is 4.90 Å². The van der Waals surface area contributed by atoms with Crippen LogP contribution in [0.4, 0.5) is 23.7 Å². The number of carbonyl (C=O) groups excluding carboxylic acids is 2. The molecule has 186 valence electrons. The number of alkyl halides is 3. The van der Waals surface area contributed by atoms with Crippen molar-refractivity contribution < 1.29 is 31.2 Å². The Morgan fingerprint density at radius 1 is 0.972 bits per heavy atom. The SMILES string of the molecule is O=C1N(c2ccc(S(=O)(=O)C(F)(F)F)cc2)C(=O)C2(CC2)N1Cc1ccnc(-c2ccc(Cl)cc2)c1. The van der Waals surface area contributed by atoms with Crippen LogP contribution in [0.5, 0.6) is 0 Å². The molecule has 0 bridgehead atoms. The van der Waals surface area contributed by atoms with Gasteiger partial charge in [-0.2, -0.15) is 13.2 Å². The number of anilines is 1. The van der Waals surface area contributed by atoms with Crippen molar-refractivity contribution in [2.75, 3.05) is 4.90 Å². The van der Waals surface area contributed by atoms with Crippen LogP contribution in [0.25, 0.3) is 11.3 Å². The minimum absolute atomic E-state index is 0.00326. The van der Waals surface area contributed by atoms with Gasteiger partial charge >= 0.3 is 11.5 Å². The summed E-state index contributed by atoms with van der Waals surface area (Å²) in [7, 11) is -5.55. The van der Waals surface area contributed by atoms with Crippen LogP contribution in [0.2, 0.25) is 5.02 Å². The summed E-state index contributed by atoms with van der Waals surface area (Å²) in [5.74, 6) is -0.495. The number of sulfone groups is 1. The molecule has 2 fully saturated rings. The summed E-state index contributed by atoms with van der Waals surface area (Å²) in [5, 5.41) is 0.580. The number of halogens is 4. The van der Waals surface area contributed by atoms with Gasteiger partial charge in [0, 0.05) is 23.3 Å². The third-order valence-corrected chi connectivity index (χ3v) is 8.03. The van der Waals surface area contributed by atoms with Gasteiger partial charge in [0.1, 0.15) is 5.54 Å². The molecule has 2 aromatic carbocycles. The van der Waals surface area contributed by atoms with Gasteiger partial charge in [-0.05, 0) is 66.9 Å². The summed E-state index contributed by atoms with van der Waals surface area (Å²) < 4.78 is 61.8. The van der Waals surface area contributed by atoms with E-state index in [-0.39, 0.29) is 12.2 Å². The van der Waals surface area contributed by atoms with Gasteiger partial charge in [-0.1, -0.05) is 23.7 Å². The van der Waals surface area contributed by atoms with Crippen molar-refractivity contribution in [1.29, 1.82) is 0 Å². The molecular formula is C24H17ClF3N3O4S. The van der Waals surface area contributed by atoms with Crippen molar-refractivity contribution in [1.82, 2.24) is 9.88 Å². The van der Waals surface area contributed by atoms with Gasteiger partial charge in [-0.15, -0.1) is 0 Å². The van der Waals surface area contributed by atoms with Crippen molar-refractivity contribution in [3.63, 3.8) is 0 Å². The molecule has 5 rings (SSSR count). The fourth-order valence-electron chi connectivity index (χ4n) is 4.20. The molecule has 0 unspecified atom stereocenters. The Balaban J connectivity index is 1.42. The molecule has 12 heteroatoms. The number of aromatic nitrogens is 1. The van der Waals surface area contributed by atoms with Crippen LogP contribution in [0.3, 0.4) is 0 Å². The van der Waals surface area contributed by atoms with E-state index in [0.29, 0.717) is 23.6 Å². The summed E-state index contributed by atoms with van der Waals surface area (Å²) in [6.07, 6.45) is 2.49. The van der Waals surface area contributed by atoms with Crippen LogP contribution in [-0.4, -0.2) is 41.3 Å². The minimum Gasteiger partial charge on any atom is -0.305 e. The Hall–Kier alpha value is -3.44. The average Bonchev–Trinajstić information content (AvgIpc) is 3.61. The molecule has 0 N–H and O–H groups in total. The first-order valence-electron chi connectivity index (χ1n) is 10.7. The Morgan fingerprint density at radius 2 is 1.61 bits per heavy atom. The van der Waals surface area contributed by atoms with Gasteiger partial charge in [0.05, 0.1) is 16.3 Å². The summed E-state index contributed by atoms with van der Waals surface area (Å²) in [6.45, 7) is 0.116. The van der Waals surface area contributed by atoms with E-state index >= 15 is 0 Å². The zero-order valence-electron chi connectivity index (χ0n) is 18.4. The number of carbonyl (C=O) groups is 2. The largest absolute Gasteiger partial charge is 0.501 e. The fourth-order valence-corrected chi connectivity index (χ4v) is 5.09. The van der Waals surface area contributed by atoms with Crippen LogP contribution in [0.1, 0.15) is 18.4 Å². The van der Waals surface area contributed by atoms with E-state index in [2.05, 4.69) is 4.98 Å². The summed E-state index contributed by atoms with van der Waals surface area (Å²) in [6, 6.07) is 13.5. The second-order valence-electron chi connectivity index (χ2n) is 8.54. The van der Waals surface area contributed by atoms with Gasteiger partial charge in [-0.25, -0.2) is 18.1 Å². The highest BCUT2D eigenvalue weighted by Gasteiger charge is 2.65. The molecule has 3 aromatic rings.